The highest BCUT2D eigenvalue weighted by atomic mass is 35.5. The summed E-state index contributed by atoms with van der Waals surface area (Å²) < 4.78 is 10.7. The van der Waals surface area contributed by atoms with Crippen LogP contribution in [0.1, 0.15) is 29.7 Å². The number of ether oxygens (including phenoxy) is 2. The lowest BCUT2D eigenvalue weighted by Crippen LogP contribution is -2.29. The maximum absolute atomic E-state index is 13.4. The first kappa shape index (κ1) is 24.6. The minimum Gasteiger partial charge on any atom is -0.507 e. The molecule has 1 fully saturated rings. The first-order chi connectivity index (χ1) is 16.8. The van der Waals surface area contributed by atoms with Gasteiger partial charge in [-0.2, -0.15) is 0 Å². The smallest absolute Gasteiger partial charge is 0.300 e. The number of ketones is 1. The zero-order valence-electron chi connectivity index (χ0n) is 19.3. The molecule has 3 aromatic carbocycles. The molecule has 0 saturated carbocycles. The number of rotatable bonds is 6. The van der Waals surface area contributed by atoms with Gasteiger partial charge in [0.2, 0.25) is 0 Å². The molecule has 6 nitrogen and oxygen atoms in total. The van der Waals surface area contributed by atoms with Gasteiger partial charge in [-0.15, -0.1) is 0 Å². The van der Waals surface area contributed by atoms with Crippen LogP contribution in [0, 0.1) is 0 Å². The maximum atomic E-state index is 13.4. The van der Waals surface area contributed by atoms with E-state index < -0.39 is 23.5 Å². The van der Waals surface area contributed by atoms with E-state index in [9.17, 15) is 14.7 Å². The zero-order chi connectivity index (χ0) is 25.3. The number of Topliss-reactive ketones (excluding diaryl/α,β-unsaturated/α-hetero) is 1. The summed E-state index contributed by atoms with van der Waals surface area (Å²) in [7, 11) is 2.91. The van der Waals surface area contributed by atoms with Crippen LogP contribution in [0.4, 0.5) is 5.69 Å². The molecule has 0 radical (unpaired) electrons. The van der Waals surface area contributed by atoms with Gasteiger partial charge in [-0.25, -0.2) is 0 Å². The van der Waals surface area contributed by atoms with Gasteiger partial charge in [0.1, 0.15) is 17.3 Å². The summed E-state index contributed by atoms with van der Waals surface area (Å²) in [6.07, 6.45) is 0.827. The van der Waals surface area contributed by atoms with E-state index in [0.717, 1.165) is 12.0 Å². The molecule has 1 heterocycles. The van der Waals surface area contributed by atoms with Crippen molar-refractivity contribution in [3.63, 3.8) is 0 Å². The molecule has 35 heavy (non-hydrogen) atoms. The van der Waals surface area contributed by atoms with Crippen LogP contribution in [0.15, 0.2) is 66.2 Å². The van der Waals surface area contributed by atoms with Crippen LogP contribution in [-0.2, 0) is 16.0 Å². The lowest BCUT2D eigenvalue weighted by Gasteiger charge is -2.26. The SMILES string of the molecule is CCc1ccc(N2C(=O)C(=O)/C(=C(/O)c3cc(Cl)cc(Cl)c3OC)C2c2cccc(OC)c2)cc1. The van der Waals surface area contributed by atoms with Gasteiger partial charge in [0, 0.05) is 10.7 Å². The highest BCUT2D eigenvalue weighted by molar-refractivity contribution is 6.52. The number of benzene rings is 3. The third-order valence-electron chi connectivity index (χ3n) is 5.94. The van der Waals surface area contributed by atoms with E-state index in [2.05, 4.69) is 0 Å². The molecule has 1 atom stereocenters. The van der Waals surface area contributed by atoms with E-state index in [1.165, 1.54) is 31.3 Å². The molecule has 0 aromatic heterocycles. The van der Waals surface area contributed by atoms with Crippen LogP contribution in [0.2, 0.25) is 10.0 Å². The second-order valence-electron chi connectivity index (χ2n) is 7.93. The fraction of sp³-hybridized carbons (Fsp3) is 0.185. The molecule has 1 N–H and O–H groups in total. The van der Waals surface area contributed by atoms with Crippen molar-refractivity contribution >= 4 is 46.3 Å². The molecule has 1 amide bonds. The summed E-state index contributed by atoms with van der Waals surface area (Å²) in [5.74, 6) is -1.37. The Morgan fingerprint density at radius 1 is 1.00 bits per heavy atom. The Balaban J connectivity index is 1.99. The number of carbonyl (C=O) groups is 2. The quantitative estimate of drug-likeness (QED) is 0.242. The number of nitrogens with zero attached hydrogens (tertiary/aromatic N) is 1. The van der Waals surface area contributed by atoms with Gasteiger partial charge in [0.05, 0.1) is 36.4 Å². The number of amides is 1. The number of carbonyl (C=O) groups excluding carboxylic acids is 2. The molecule has 1 saturated heterocycles. The third-order valence-corrected chi connectivity index (χ3v) is 6.44. The first-order valence-electron chi connectivity index (χ1n) is 10.9. The average molecular weight is 512 g/mol. The molecule has 1 unspecified atom stereocenters. The Bertz CT molecular complexity index is 1330. The minimum atomic E-state index is -0.931. The van der Waals surface area contributed by atoms with Gasteiger partial charge < -0.3 is 14.6 Å². The van der Waals surface area contributed by atoms with Gasteiger partial charge in [0.15, 0.2) is 0 Å². The van der Waals surface area contributed by atoms with E-state index in [0.29, 0.717) is 17.0 Å². The summed E-state index contributed by atoms with van der Waals surface area (Å²) in [6.45, 7) is 2.03. The zero-order valence-corrected chi connectivity index (χ0v) is 20.9. The number of hydrogen-bond acceptors (Lipinski definition) is 5. The van der Waals surface area contributed by atoms with Crippen LogP contribution in [0.3, 0.4) is 0 Å². The van der Waals surface area contributed by atoms with Gasteiger partial charge in [-0.3, -0.25) is 14.5 Å². The third kappa shape index (κ3) is 4.47. The van der Waals surface area contributed by atoms with Crippen molar-refractivity contribution in [2.45, 2.75) is 19.4 Å². The van der Waals surface area contributed by atoms with E-state index in [1.807, 2.05) is 19.1 Å². The monoisotopic (exact) mass is 511 g/mol. The Morgan fingerprint density at radius 3 is 2.34 bits per heavy atom. The van der Waals surface area contributed by atoms with Crippen molar-refractivity contribution in [3.05, 3.63) is 93.0 Å². The molecular formula is C27H23Cl2NO5. The Morgan fingerprint density at radius 2 is 1.71 bits per heavy atom. The van der Waals surface area contributed by atoms with Crippen LogP contribution < -0.4 is 14.4 Å². The predicted octanol–water partition coefficient (Wildman–Crippen LogP) is 6.20. The minimum absolute atomic E-state index is 0.109. The molecule has 1 aliphatic heterocycles. The fourth-order valence-electron chi connectivity index (χ4n) is 4.21. The van der Waals surface area contributed by atoms with Gasteiger partial charge in [-0.1, -0.05) is 54.4 Å². The van der Waals surface area contributed by atoms with Crippen molar-refractivity contribution < 1.29 is 24.2 Å². The van der Waals surface area contributed by atoms with E-state index in [4.69, 9.17) is 32.7 Å². The van der Waals surface area contributed by atoms with Crippen LogP contribution in [0.25, 0.3) is 5.76 Å². The second kappa shape index (κ2) is 10.0. The van der Waals surface area contributed by atoms with Crippen molar-refractivity contribution in [2.24, 2.45) is 0 Å². The summed E-state index contributed by atoms with van der Waals surface area (Å²) in [4.78, 5) is 28.1. The van der Waals surface area contributed by atoms with Crippen LogP contribution in [0.5, 0.6) is 11.5 Å². The highest BCUT2D eigenvalue weighted by Gasteiger charge is 2.47. The van der Waals surface area contributed by atoms with Gasteiger partial charge >= 0.3 is 0 Å². The summed E-state index contributed by atoms with van der Waals surface area (Å²) in [6, 6.07) is 16.3. The number of halogens is 2. The molecule has 180 valence electrons. The van der Waals surface area contributed by atoms with Gasteiger partial charge in [-0.05, 0) is 53.9 Å². The molecule has 0 spiro atoms. The molecule has 0 aliphatic carbocycles. The van der Waals surface area contributed by atoms with E-state index in [-0.39, 0.29) is 26.9 Å². The lowest BCUT2D eigenvalue weighted by atomic mass is 9.94. The molecule has 8 heteroatoms. The summed E-state index contributed by atoms with van der Waals surface area (Å²) >= 11 is 12.5. The summed E-state index contributed by atoms with van der Waals surface area (Å²) in [5.41, 5.74) is 2.18. The largest absolute Gasteiger partial charge is 0.507 e. The number of anilines is 1. The normalized spacial score (nSPS) is 17.1. The topological polar surface area (TPSA) is 76.1 Å². The lowest BCUT2D eigenvalue weighted by molar-refractivity contribution is -0.132. The summed E-state index contributed by atoms with van der Waals surface area (Å²) in [5, 5.41) is 11.8. The fourth-order valence-corrected chi connectivity index (χ4v) is 4.78. The van der Waals surface area contributed by atoms with Crippen LogP contribution >= 0.6 is 23.2 Å². The molecule has 3 aromatic rings. The standard InChI is InChI=1S/C27H23Cl2NO5/c1-4-15-8-10-18(11-9-15)30-23(16-6-5-7-19(12-16)34-2)22(25(32)27(30)33)24(31)20-13-17(28)14-21(29)26(20)35-3/h5-14,23,31H,4H2,1-3H3/b24-22+. The number of aryl methyl sites for hydroxylation is 1. The van der Waals surface area contributed by atoms with Crippen molar-refractivity contribution in [1.29, 1.82) is 0 Å². The number of hydrogen-bond donors (Lipinski definition) is 1. The Kier molecular flexibility index (Phi) is 7.05. The number of methoxy groups -OCH3 is 2. The Hall–Kier alpha value is -3.48. The number of aliphatic hydroxyl groups excluding tert-OH is 1. The van der Waals surface area contributed by atoms with Crippen molar-refractivity contribution in [2.75, 3.05) is 19.1 Å². The molecule has 1 aliphatic rings. The predicted molar refractivity (Wildman–Crippen MR) is 137 cm³/mol. The highest BCUT2D eigenvalue weighted by Crippen LogP contribution is 2.45. The molecule has 0 bridgehead atoms. The van der Waals surface area contributed by atoms with Crippen LogP contribution in [-0.4, -0.2) is 31.0 Å². The second-order valence-corrected chi connectivity index (χ2v) is 8.78. The average Bonchev–Trinajstić information content (AvgIpc) is 3.13. The first-order valence-corrected chi connectivity index (χ1v) is 11.6. The van der Waals surface area contributed by atoms with Gasteiger partial charge in [0.25, 0.3) is 11.7 Å². The molecule has 4 rings (SSSR count). The number of aliphatic hydroxyl groups is 1. The molecular weight excluding hydrogens is 489 g/mol. The Labute approximate surface area is 213 Å². The van der Waals surface area contributed by atoms with Crippen molar-refractivity contribution in [3.8, 4) is 11.5 Å². The van der Waals surface area contributed by atoms with E-state index in [1.54, 1.807) is 36.4 Å². The van der Waals surface area contributed by atoms with Crippen molar-refractivity contribution in [1.82, 2.24) is 0 Å². The van der Waals surface area contributed by atoms with E-state index >= 15 is 0 Å². The maximum Gasteiger partial charge on any atom is 0.300 e.